The lowest BCUT2D eigenvalue weighted by molar-refractivity contribution is -0.938. The van der Waals surface area contributed by atoms with E-state index >= 15 is 0 Å². The molecule has 3 nitrogen and oxygen atoms in total. The summed E-state index contributed by atoms with van der Waals surface area (Å²) in [7, 11) is 0. The van der Waals surface area contributed by atoms with Crippen LogP contribution in [0.4, 0.5) is 0 Å². The SMILES string of the molecule is CC(C)c1ccc(C[NH+](C2CC2)[C@H](C)C(=O)NC2CC2)cc1. The Morgan fingerprint density at radius 2 is 1.77 bits per heavy atom. The van der Waals surface area contributed by atoms with E-state index in [-0.39, 0.29) is 11.9 Å². The first-order valence-corrected chi connectivity index (χ1v) is 8.79. The highest BCUT2D eigenvalue weighted by atomic mass is 16.2. The Balaban J connectivity index is 1.64. The predicted octanol–water partition coefficient (Wildman–Crippen LogP) is 2.02. The molecule has 2 fully saturated rings. The molecule has 0 heterocycles. The number of nitrogens with one attached hydrogen (secondary N) is 2. The van der Waals surface area contributed by atoms with Crippen molar-refractivity contribution >= 4 is 5.91 Å². The van der Waals surface area contributed by atoms with Crippen LogP contribution in [0.2, 0.25) is 0 Å². The van der Waals surface area contributed by atoms with E-state index in [4.69, 9.17) is 0 Å². The number of carbonyl (C=O) groups is 1. The van der Waals surface area contributed by atoms with Crippen LogP contribution in [0.5, 0.6) is 0 Å². The average molecular weight is 301 g/mol. The number of benzene rings is 1. The van der Waals surface area contributed by atoms with Crippen LogP contribution in [0.15, 0.2) is 24.3 Å². The highest BCUT2D eigenvalue weighted by Gasteiger charge is 2.40. The molecule has 1 amide bonds. The Morgan fingerprint density at radius 1 is 1.14 bits per heavy atom. The molecular formula is C19H29N2O+. The van der Waals surface area contributed by atoms with Gasteiger partial charge in [-0.05, 0) is 31.2 Å². The van der Waals surface area contributed by atoms with Crippen LogP contribution in [-0.2, 0) is 11.3 Å². The molecule has 0 aromatic heterocycles. The molecule has 2 atom stereocenters. The summed E-state index contributed by atoms with van der Waals surface area (Å²) in [5.41, 5.74) is 2.73. The molecule has 1 aromatic rings. The van der Waals surface area contributed by atoms with Gasteiger partial charge in [0.05, 0.1) is 6.04 Å². The van der Waals surface area contributed by atoms with Crippen molar-refractivity contribution in [1.29, 1.82) is 0 Å². The number of amides is 1. The van der Waals surface area contributed by atoms with Gasteiger partial charge in [-0.2, -0.15) is 0 Å². The van der Waals surface area contributed by atoms with E-state index in [1.54, 1.807) is 0 Å². The van der Waals surface area contributed by atoms with E-state index in [0.29, 0.717) is 18.0 Å². The zero-order valence-corrected chi connectivity index (χ0v) is 14.1. The first-order chi connectivity index (χ1) is 10.5. The Hall–Kier alpha value is -1.35. The maximum Gasteiger partial charge on any atom is 0.278 e. The Bertz CT molecular complexity index is 515. The zero-order valence-electron chi connectivity index (χ0n) is 14.1. The smallest absolute Gasteiger partial charge is 0.278 e. The monoisotopic (exact) mass is 301 g/mol. The summed E-state index contributed by atoms with van der Waals surface area (Å²) < 4.78 is 0. The summed E-state index contributed by atoms with van der Waals surface area (Å²) in [4.78, 5) is 13.8. The number of hydrogen-bond acceptors (Lipinski definition) is 1. The molecule has 0 saturated heterocycles. The van der Waals surface area contributed by atoms with Gasteiger partial charge in [0, 0.05) is 24.4 Å². The number of carbonyl (C=O) groups excluding carboxylic acids is 1. The lowest BCUT2D eigenvalue weighted by atomic mass is 10.0. The van der Waals surface area contributed by atoms with Gasteiger partial charge in [-0.3, -0.25) is 4.79 Å². The largest absolute Gasteiger partial charge is 0.348 e. The van der Waals surface area contributed by atoms with Gasteiger partial charge in [0.2, 0.25) is 0 Å². The van der Waals surface area contributed by atoms with Crippen molar-refractivity contribution in [2.24, 2.45) is 0 Å². The summed E-state index contributed by atoms with van der Waals surface area (Å²) in [5, 5.41) is 3.17. The van der Waals surface area contributed by atoms with Gasteiger partial charge in [-0.15, -0.1) is 0 Å². The topological polar surface area (TPSA) is 33.5 Å². The van der Waals surface area contributed by atoms with Crippen molar-refractivity contribution < 1.29 is 9.69 Å². The molecule has 2 aliphatic rings. The molecule has 0 radical (unpaired) electrons. The minimum absolute atomic E-state index is 0.0536. The molecule has 1 unspecified atom stereocenters. The van der Waals surface area contributed by atoms with Crippen molar-refractivity contribution in [2.75, 3.05) is 0 Å². The van der Waals surface area contributed by atoms with Gasteiger partial charge in [-0.1, -0.05) is 38.1 Å². The first kappa shape index (κ1) is 15.5. The normalized spacial score (nSPS) is 20.7. The second-order valence-electron chi connectivity index (χ2n) is 7.43. The van der Waals surface area contributed by atoms with Crippen molar-refractivity contribution in [3.63, 3.8) is 0 Å². The lowest BCUT2D eigenvalue weighted by Crippen LogP contribution is -3.16. The maximum atomic E-state index is 12.4. The Kier molecular flexibility index (Phi) is 4.53. The number of hydrogen-bond donors (Lipinski definition) is 2. The highest BCUT2D eigenvalue weighted by molar-refractivity contribution is 5.80. The second-order valence-corrected chi connectivity index (χ2v) is 7.43. The van der Waals surface area contributed by atoms with Crippen LogP contribution in [0.25, 0.3) is 0 Å². The standard InChI is InChI=1S/C19H28N2O/c1-13(2)16-6-4-15(5-7-16)12-21(18-10-11-18)14(3)19(22)20-17-8-9-17/h4-7,13-14,17-18H,8-12H2,1-3H3,(H,20,22)/p+1/t14-/m1/s1. The third kappa shape index (κ3) is 3.89. The third-order valence-electron chi connectivity index (χ3n) is 5.03. The molecular weight excluding hydrogens is 272 g/mol. The van der Waals surface area contributed by atoms with E-state index < -0.39 is 0 Å². The number of rotatable bonds is 7. The van der Waals surface area contributed by atoms with Crippen LogP contribution >= 0.6 is 0 Å². The van der Waals surface area contributed by atoms with Crippen molar-refractivity contribution in [1.82, 2.24) is 5.32 Å². The van der Waals surface area contributed by atoms with E-state index in [9.17, 15) is 4.79 Å². The van der Waals surface area contributed by atoms with Gasteiger partial charge in [-0.25, -0.2) is 0 Å². The van der Waals surface area contributed by atoms with Gasteiger partial charge >= 0.3 is 0 Å². The fourth-order valence-corrected chi connectivity index (χ4v) is 3.08. The summed E-state index contributed by atoms with van der Waals surface area (Å²) in [5.74, 6) is 0.812. The fraction of sp³-hybridized carbons (Fsp3) is 0.632. The Labute approximate surface area is 134 Å². The molecule has 0 aliphatic heterocycles. The zero-order chi connectivity index (χ0) is 15.7. The quantitative estimate of drug-likeness (QED) is 0.794. The summed E-state index contributed by atoms with van der Waals surface area (Å²) in [6.45, 7) is 7.50. The molecule has 120 valence electrons. The molecule has 0 bridgehead atoms. The molecule has 3 rings (SSSR count). The van der Waals surface area contributed by atoms with Crippen molar-refractivity contribution in [3.05, 3.63) is 35.4 Å². The molecule has 2 aliphatic carbocycles. The average Bonchev–Trinajstić information content (AvgIpc) is 3.37. The molecule has 0 spiro atoms. The van der Waals surface area contributed by atoms with Crippen LogP contribution in [0.3, 0.4) is 0 Å². The molecule has 2 N–H and O–H groups in total. The molecule has 2 saturated carbocycles. The van der Waals surface area contributed by atoms with E-state index in [2.05, 4.69) is 50.4 Å². The Morgan fingerprint density at radius 3 is 2.27 bits per heavy atom. The minimum atomic E-state index is 0.0536. The minimum Gasteiger partial charge on any atom is -0.348 e. The van der Waals surface area contributed by atoms with Crippen LogP contribution in [-0.4, -0.2) is 24.0 Å². The van der Waals surface area contributed by atoms with E-state index in [0.717, 1.165) is 19.4 Å². The van der Waals surface area contributed by atoms with Crippen LogP contribution in [0, 0.1) is 0 Å². The van der Waals surface area contributed by atoms with E-state index in [1.165, 1.54) is 28.9 Å². The molecule has 22 heavy (non-hydrogen) atoms. The van der Waals surface area contributed by atoms with Crippen molar-refractivity contribution in [2.45, 2.75) is 77.0 Å². The fourth-order valence-electron chi connectivity index (χ4n) is 3.08. The predicted molar refractivity (Wildman–Crippen MR) is 88.8 cm³/mol. The highest BCUT2D eigenvalue weighted by Crippen LogP contribution is 2.20. The summed E-state index contributed by atoms with van der Waals surface area (Å²) >= 11 is 0. The maximum absolute atomic E-state index is 12.4. The molecule has 1 aromatic carbocycles. The van der Waals surface area contributed by atoms with Gasteiger partial charge in [0.15, 0.2) is 6.04 Å². The lowest BCUT2D eigenvalue weighted by Gasteiger charge is -2.25. The number of quaternary nitrogens is 1. The first-order valence-electron chi connectivity index (χ1n) is 8.79. The van der Waals surface area contributed by atoms with Crippen LogP contribution in [0.1, 0.15) is 63.5 Å². The third-order valence-corrected chi connectivity index (χ3v) is 5.03. The van der Waals surface area contributed by atoms with Gasteiger partial charge < -0.3 is 10.2 Å². The van der Waals surface area contributed by atoms with Crippen LogP contribution < -0.4 is 10.2 Å². The summed E-state index contributed by atoms with van der Waals surface area (Å²) in [6, 6.07) is 10.1. The van der Waals surface area contributed by atoms with Gasteiger partial charge in [0.1, 0.15) is 6.54 Å². The summed E-state index contributed by atoms with van der Waals surface area (Å²) in [6.07, 6.45) is 4.85. The van der Waals surface area contributed by atoms with Crippen molar-refractivity contribution in [3.8, 4) is 0 Å². The second kappa shape index (κ2) is 6.41. The van der Waals surface area contributed by atoms with Gasteiger partial charge in [0.25, 0.3) is 5.91 Å². The van der Waals surface area contributed by atoms with E-state index in [1.807, 2.05) is 0 Å². The molecule has 3 heteroatoms.